The van der Waals surface area contributed by atoms with Crippen LogP contribution in [0.5, 0.6) is 0 Å². The van der Waals surface area contributed by atoms with Gasteiger partial charge in [-0.3, -0.25) is 9.59 Å². The van der Waals surface area contributed by atoms with Crippen molar-refractivity contribution in [2.24, 2.45) is 0 Å². The van der Waals surface area contributed by atoms with Crippen molar-refractivity contribution in [1.82, 2.24) is 6.15 Å². The van der Waals surface area contributed by atoms with E-state index in [1.807, 2.05) is 0 Å². The first-order valence-corrected chi connectivity index (χ1v) is 4.54. The van der Waals surface area contributed by atoms with Crippen LogP contribution in [0.2, 0.25) is 0 Å². The number of carbonyl (C=O) groups is 3. The lowest BCUT2D eigenvalue weighted by molar-refractivity contribution is -0.173. The molecule has 8 nitrogen and oxygen atoms in total. The lowest BCUT2D eigenvalue weighted by Gasteiger charge is -2.20. The van der Waals surface area contributed by atoms with Crippen LogP contribution in [0.25, 0.3) is 0 Å². The molecule has 0 aromatic rings. The third kappa shape index (κ3) is 6.48. The fourth-order valence-electron chi connectivity index (χ4n) is 1.01. The zero-order valence-corrected chi connectivity index (χ0v) is 9.67. The van der Waals surface area contributed by atoms with Gasteiger partial charge in [0, 0.05) is 0 Å². The van der Waals surface area contributed by atoms with Crippen molar-refractivity contribution in [2.75, 3.05) is 0 Å². The van der Waals surface area contributed by atoms with Crippen molar-refractivity contribution in [3.8, 4) is 0 Å². The van der Waals surface area contributed by atoms with E-state index in [-0.39, 0.29) is 6.15 Å². The number of carboxylic acids is 2. The maximum absolute atomic E-state index is 11.1. The number of hydrogen-bond acceptors (Lipinski definition) is 6. The summed E-state index contributed by atoms with van der Waals surface area (Å²) < 4.78 is 4.62. The van der Waals surface area contributed by atoms with Gasteiger partial charge in [0.1, 0.15) is 0 Å². The number of carbonyl (C=O) groups excluding carboxylic acids is 1. The van der Waals surface area contributed by atoms with Gasteiger partial charge < -0.3 is 26.2 Å². The summed E-state index contributed by atoms with van der Waals surface area (Å²) >= 11 is 0. The van der Waals surface area contributed by atoms with Crippen molar-refractivity contribution in [3.05, 3.63) is 0 Å². The molecule has 0 radical (unpaired) electrons. The van der Waals surface area contributed by atoms with Gasteiger partial charge in [-0.1, -0.05) is 0 Å². The normalized spacial score (nSPS) is 13.4. The van der Waals surface area contributed by atoms with E-state index in [2.05, 4.69) is 4.74 Å². The molecule has 1 atom stereocenters. The standard InChI is InChI=1S/C9H14O7.H3N/c1-5(2)16-7(12)4-9(15,8(13)14)3-6(10)11;/h5,15H,3-4H2,1-2H3,(H,10,11)(H,13,14);1H3. The van der Waals surface area contributed by atoms with Crippen LogP contribution < -0.4 is 6.15 Å². The molecule has 0 aliphatic heterocycles. The van der Waals surface area contributed by atoms with Crippen molar-refractivity contribution >= 4 is 17.9 Å². The number of aliphatic carboxylic acids is 2. The van der Waals surface area contributed by atoms with Gasteiger partial charge in [0.05, 0.1) is 18.9 Å². The minimum absolute atomic E-state index is 0. The summed E-state index contributed by atoms with van der Waals surface area (Å²) in [6.45, 7) is 3.10. The lowest BCUT2D eigenvalue weighted by Crippen LogP contribution is -2.43. The van der Waals surface area contributed by atoms with E-state index >= 15 is 0 Å². The van der Waals surface area contributed by atoms with Gasteiger partial charge in [0.2, 0.25) is 0 Å². The molecule has 6 N–H and O–H groups in total. The van der Waals surface area contributed by atoms with E-state index in [4.69, 9.17) is 10.2 Å². The van der Waals surface area contributed by atoms with Crippen molar-refractivity contribution in [1.29, 1.82) is 0 Å². The molecule has 0 aromatic carbocycles. The molecule has 8 heteroatoms. The Labute approximate surface area is 97.8 Å². The first-order valence-electron chi connectivity index (χ1n) is 4.54. The molecular weight excluding hydrogens is 234 g/mol. The molecule has 0 heterocycles. The van der Waals surface area contributed by atoms with Crippen LogP contribution in [-0.2, 0) is 19.1 Å². The van der Waals surface area contributed by atoms with Gasteiger partial charge >= 0.3 is 17.9 Å². The van der Waals surface area contributed by atoms with E-state index in [1.165, 1.54) is 0 Å². The van der Waals surface area contributed by atoms with Gasteiger partial charge in [0.25, 0.3) is 0 Å². The highest BCUT2D eigenvalue weighted by Gasteiger charge is 2.41. The van der Waals surface area contributed by atoms with Crippen LogP contribution in [0, 0.1) is 0 Å². The van der Waals surface area contributed by atoms with Gasteiger partial charge in [-0.15, -0.1) is 0 Å². The van der Waals surface area contributed by atoms with Gasteiger partial charge in [0.15, 0.2) is 5.60 Å². The number of carboxylic acid groups (broad SMARTS) is 2. The number of aliphatic hydroxyl groups is 1. The van der Waals surface area contributed by atoms with Crippen molar-refractivity contribution in [3.63, 3.8) is 0 Å². The fourth-order valence-corrected chi connectivity index (χ4v) is 1.01. The maximum Gasteiger partial charge on any atom is 0.336 e. The Balaban J connectivity index is 0. The Morgan fingerprint density at radius 2 is 1.65 bits per heavy atom. The van der Waals surface area contributed by atoms with Crippen LogP contribution in [-0.4, -0.2) is 44.9 Å². The summed E-state index contributed by atoms with van der Waals surface area (Å²) in [6, 6.07) is 0. The second kappa shape index (κ2) is 6.81. The topological polar surface area (TPSA) is 156 Å². The highest BCUT2D eigenvalue weighted by atomic mass is 16.5. The molecular formula is C9H17NO7. The Kier molecular flexibility index (Phi) is 7.10. The van der Waals surface area contributed by atoms with Crippen LogP contribution in [0.3, 0.4) is 0 Å². The second-order valence-electron chi connectivity index (χ2n) is 3.62. The van der Waals surface area contributed by atoms with E-state index in [1.54, 1.807) is 13.8 Å². The summed E-state index contributed by atoms with van der Waals surface area (Å²) in [5.74, 6) is -4.24. The molecule has 0 rings (SSSR count). The molecule has 0 saturated heterocycles. The van der Waals surface area contributed by atoms with Crippen LogP contribution in [0.1, 0.15) is 26.7 Å². The SMILES string of the molecule is CC(C)OC(=O)CC(O)(CC(=O)O)C(=O)O.N. The number of hydrogen-bond donors (Lipinski definition) is 4. The molecule has 1 unspecified atom stereocenters. The summed E-state index contributed by atoms with van der Waals surface area (Å²) in [6.07, 6.45) is -2.42. The summed E-state index contributed by atoms with van der Waals surface area (Å²) in [5.41, 5.74) is -2.63. The van der Waals surface area contributed by atoms with Gasteiger partial charge in [-0.25, -0.2) is 4.79 Å². The zero-order valence-electron chi connectivity index (χ0n) is 9.67. The molecule has 0 spiro atoms. The smallest absolute Gasteiger partial charge is 0.336 e. The quantitative estimate of drug-likeness (QED) is 0.472. The Bertz CT molecular complexity index is 302. The third-order valence-electron chi connectivity index (χ3n) is 1.65. The highest BCUT2D eigenvalue weighted by Crippen LogP contribution is 2.17. The minimum Gasteiger partial charge on any atom is -0.481 e. The number of esters is 1. The van der Waals surface area contributed by atoms with E-state index in [0.717, 1.165) is 0 Å². The number of rotatable bonds is 6. The predicted molar refractivity (Wildman–Crippen MR) is 55.7 cm³/mol. The van der Waals surface area contributed by atoms with Gasteiger partial charge in [-0.2, -0.15) is 0 Å². The first-order chi connectivity index (χ1) is 7.17. The zero-order chi connectivity index (χ0) is 12.9. The van der Waals surface area contributed by atoms with Crippen LogP contribution in [0.4, 0.5) is 0 Å². The third-order valence-corrected chi connectivity index (χ3v) is 1.65. The first kappa shape index (κ1) is 17.7. The molecule has 0 aliphatic carbocycles. The average Bonchev–Trinajstić information content (AvgIpc) is 1.98. The molecule has 100 valence electrons. The van der Waals surface area contributed by atoms with Crippen molar-refractivity contribution in [2.45, 2.75) is 38.4 Å². The van der Waals surface area contributed by atoms with E-state index < -0.39 is 42.5 Å². The van der Waals surface area contributed by atoms with Gasteiger partial charge in [-0.05, 0) is 13.8 Å². The predicted octanol–water partition coefficient (Wildman–Crippen LogP) is -0.219. The largest absolute Gasteiger partial charge is 0.481 e. The van der Waals surface area contributed by atoms with E-state index in [0.29, 0.717) is 0 Å². The van der Waals surface area contributed by atoms with Crippen molar-refractivity contribution < 1.29 is 34.4 Å². The molecule has 0 aromatic heterocycles. The molecule has 0 fully saturated rings. The Hall–Kier alpha value is -1.67. The lowest BCUT2D eigenvalue weighted by atomic mass is 9.96. The number of ether oxygens (including phenoxy) is 1. The summed E-state index contributed by atoms with van der Waals surface area (Å²) in [4.78, 5) is 32.1. The second-order valence-corrected chi connectivity index (χ2v) is 3.62. The molecule has 0 saturated carbocycles. The Morgan fingerprint density at radius 1 is 1.18 bits per heavy atom. The highest BCUT2D eigenvalue weighted by molar-refractivity contribution is 5.88. The molecule has 17 heavy (non-hydrogen) atoms. The summed E-state index contributed by atoms with van der Waals surface area (Å²) in [7, 11) is 0. The van der Waals surface area contributed by atoms with Crippen LogP contribution in [0.15, 0.2) is 0 Å². The summed E-state index contributed by atoms with van der Waals surface area (Å²) in [5, 5.41) is 26.5. The molecule has 0 aliphatic rings. The van der Waals surface area contributed by atoms with E-state index in [9.17, 15) is 19.5 Å². The minimum atomic E-state index is -2.63. The fraction of sp³-hybridized carbons (Fsp3) is 0.667. The molecule has 0 amide bonds. The van der Waals surface area contributed by atoms with Crippen LogP contribution >= 0.6 is 0 Å². The maximum atomic E-state index is 11.1. The average molecular weight is 251 g/mol. The Morgan fingerprint density at radius 3 is 1.94 bits per heavy atom. The molecule has 0 bridgehead atoms. The monoisotopic (exact) mass is 251 g/mol.